The van der Waals surface area contributed by atoms with E-state index in [-0.39, 0.29) is 6.79 Å². The van der Waals surface area contributed by atoms with E-state index in [0.29, 0.717) is 12.0 Å². The minimum atomic E-state index is -0.459. The second-order valence-electron chi connectivity index (χ2n) is 3.07. The second-order valence-corrected chi connectivity index (χ2v) is 3.07. The molecule has 0 aliphatic carbocycles. The van der Waals surface area contributed by atoms with E-state index < -0.39 is 11.9 Å². The zero-order valence-corrected chi connectivity index (χ0v) is 9.54. The fraction of sp³-hybridized carbons (Fsp3) is 0.636. The van der Waals surface area contributed by atoms with Crippen LogP contribution in [0, 0.1) is 0 Å². The van der Waals surface area contributed by atoms with Crippen molar-refractivity contribution in [2.24, 2.45) is 0 Å². The molecular formula is C11H18O4. The predicted molar refractivity (Wildman–Crippen MR) is 56.0 cm³/mol. The molecule has 0 heterocycles. The molecule has 0 fully saturated rings. The highest BCUT2D eigenvalue weighted by Crippen LogP contribution is 2.08. The quantitative estimate of drug-likeness (QED) is 0.386. The summed E-state index contributed by atoms with van der Waals surface area (Å²) in [4.78, 5) is 21.8. The molecule has 0 amide bonds. The molecule has 0 unspecified atom stereocenters. The minimum absolute atomic E-state index is 0.307. The summed E-state index contributed by atoms with van der Waals surface area (Å²) in [5.74, 6) is -0.862. The van der Waals surface area contributed by atoms with Gasteiger partial charge in [0, 0.05) is 12.5 Å². The molecule has 4 nitrogen and oxygen atoms in total. The maximum Gasteiger partial charge on any atom is 0.336 e. The molecule has 0 aliphatic rings. The summed E-state index contributed by atoms with van der Waals surface area (Å²) in [5, 5.41) is 0. The zero-order chi connectivity index (χ0) is 11.7. The van der Waals surface area contributed by atoms with E-state index in [1.165, 1.54) is 6.92 Å². The van der Waals surface area contributed by atoms with Gasteiger partial charge in [-0.1, -0.05) is 26.3 Å². The highest BCUT2D eigenvalue weighted by Gasteiger charge is 2.09. The Labute approximate surface area is 90.2 Å². The van der Waals surface area contributed by atoms with Gasteiger partial charge in [0.05, 0.1) is 0 Å². The summed E-state index contributed by atoms with van der Waals surface area (Å²) in [5.41, 5.74) is 0.646. The van der Waals surface area contributed by atoms with E-state index in [1.807, 2.05) is 19.9 Å². The maximum absolute atomic E-state index is 11.4. The number of carbonyl (C=O) groups excluding carboxylic acids is 2. The maximum atomic E-state index is 11.4. The number of hydrogen-bond donors (Lipinski definition) is 0. The van der Waals surface area contributed by atoms with Crippen LogP contribution in [0.1, 0.15) is 40.0 Å². The summed E-state index contributed by atoms with van der Waals surface area (Å²) in [6, 6.07) is 0. The van der Waals surface area contributed by atoms with Gasteiger partial charge in [-0.2, -0.15) is 0 Å². The van der Waals surface area contributed by atoms with E-state index in [9.17, 15) is 9.59 Å². The first-order valence-electron chi connectivity index (χ1n) is 5.11. The molecule has 4 heteroatoms. The Morgan fingerprint density at radius 2 is 1.87 bits per heavy atom. The smallest absolute Gasteiger partial charge is 0.336 e. The summed E-state index contributed by atoms with van der Waals surface area (Å²) >= 11 is 0. The Bertz CT molecular complexity index is 243. The van der Waals surface area contributed by atoms with Gasteiger partial charge in [0.15, 0.2) is 0 Å². The minimum Gasteiger partial charge on any atom is -0.428 e. The van der Waals surface area contributed by atoms with E-state index in [4.69, 9.17) is 4.74 Å². The molecule has 0 aromatic heterocycles. The highest BCUT2D eigenvalue weighted by atomic mass is 16.7. The van der Waals surface area contributed by atoms with Gasteiger partial charge in [0.25, 0.3) is 0 Å². The molecule has 0 saturated heterocycles. The number of esters is 2. The van der Waals surface area contributed by atoms with Crippen LogP contribution in [0.2, 0.25) is 0 Å². The fourth-order valence-electron chi connectivity index (χ4n) is 1.06. The standard InChI is InChI=1S/C11H18O4/c1-4-6-10(7-5-2)11(13)15-8-14-9(3)12/h6H,4-5,7-8H2,1-3H3/b10-6+. The van der Waals surface area contributed by atoms with Crippen molar-refractivity contribution in [1.82, 2.24) is 0 Å². The van der Waals surface area contributed by atoms with E-state index in [0.717, 1.165) is 12.8 Å². The molecule has 0 spiro atoms. The summed E-state index contributed by atoms with van der Waals surface area (Å²) < 4.78 is 9.28. The Balaban J connectivity index is 4.03. The van der Waals surface area contributed by atoms with Gasteiger partial charge in [-0.25, -0.2) is 4.79 Å². The van der Waals surface area contributed by atoms with Crippen molar-refractivity contribution >= 4 is 11.9 Å². The van der Waals surface area contributed by atoms with Crippen molar-refractivity contribution in [3.63, 3.8) is 0 Å². The van der Waals surface area contributed by atoms with Gasteiger partial charge in [-0.15, -0.1) is 0 Å². The molecule has 0 aromatic rings. The average Bonchev–Trinajstić information content (AvgIpc) is 2.16. The molecule has 0 radical (unpaired) electrons. The number of ether oxygens (including phenoxy) is 2. The Hall–Kier alpha value is -1.32. The van der Waals surface area contributed by atoms with Gasteiger partial charge in [0.1, 0.15) is 0 Å². The number of rotatable bonds is 6. The van der Waals surface area contributed by atoms with Crippen LogP contribution in [0.4, 0.5) is 0 Å². The topological polar surface area (TPSA) is 52.6 Å². The van der Waals surface area contributed by atoms with Crippen molar-refractivity contribution in [2.75, 3.05) is 6.79 Å². The van der Waals surface area contributed by atoms with E-state index >= 15 is 0 Å². The molecule has 0 aromatic carbocycles. The molecule has 0 atom stereocenters. The zero-order valence-electron chi connectivity index (χ0n) is 9.54. The lowest BCUT2D eigenvalue weighted by Crippen LogP contribution is -2.12. The van der Waals surface area contributed by atoms with E-state index in [1.54, 1.807) is 0 Å². The van der Waals surface area contributed by atoms with Crippen LogP contribution in [-0.4, -0.2) is 18.7 Å². The normalized spacial score (nSPS) is 11.0. The lowest BCUT2D eigenvalue weighted by Gasteiger charge is -2.06. The first kappa shape index (κ1) is 13.7. The Morgan fingerprint density at radius 1 is 1.20 bits per heavy atom. The van der Waals surface area contributed by atoms with Gasteiger partial charge >= 0.3 is 11.9 Å². The van der Waals surface area contributed by atoms with Gasteiger partial charge in [-0.3, -0.25) is 4.79 Å². The highest BCUT2D eigenvalue weighted by molar-refractivity contribution is 5.88. The van der Waals surface area contributed by atoms with Crippen molar-refractivity contribution in [3.8, 4) is 0 Å². The molecule has 0 bridgehead atoms. The lowest BCUT2D eigenvalue weighted by atomic mass is 10.1. The van der Waals surface area contributed by atoms with Crippen LogP contribution in [0.3, 0.4) is 0 Å². The third kappa shape index (κ3) is 6.71. The summed E-state index contributed by atoms with van der Waals surface area (Å²) in [7, 11) is 0. The number of allylic oxidation sites excluding steroid dienone is 1. The molecule has 0 saturated carbocycles. The van der Waals surface area contributed by atoms with Crippen molar-refractivity contribution in [2.45, 2.75) is 40.0 Å². The van der Waals surface area contributed by atoms with Crippen LogP contribution in [0.15, 0.2) is 11.6 Å². The first-order chi connectivity index (χ1) is 7.11. The van der Waals surface area contributed by atoms with Gasteiger partial charge < -0.3 is 9.47 Å². The predicted octanol–water partition coefficient (Wildman–Crippen LogP) is 2.19. The molecule has 0 rings (SSSR count). The Morgan fingerprint density at radius 3 is 2.33 bits per heavy atom. The average molecular weight is 214 g/mol. The Kier molecular flexibility index (Phi) is 7.32. The van der Waals surface area contributed by atoms with E-state index in [2.05, 4.69) is 4.74 Å². The summed E-state index contributed by atoms with van der Waals surface area (Å²) in [6.45, 7) is 4.90. The van der Waals surface area contributed by atoms with Crippen molar-refractivity contribution in [1.29, 1.82) is 0 Å². The van der Waals surface area contributed by atoms with Crippen molar-refractivity contribution in [3.05, 3.63) is 11.6 Å². The molecule has 0 aliphatic heterocycles. The fourth-order valence-corrected chi connectivity index (χ4v) is 1.06. The lowest BCUT2D eigenvalue weighted by molar-refractivity contribution is -0.163. The molecular weight excluding hydrogens is 196 g/mol. The summed E-state index contributed by atoms with van der Waals surface area (Å²) in [6.07, 6.45) is 4.19. The second kappa shape index (κ2) is 8.03. The van der Waals surface area contributed by atoms with Crippen molar-refractivity contribution < 1.29 is 19.1 Å². The first-order valence-corrected chi connectivity index (χ1v) is 5.11. The van der Waals surface area contributed by atoms with Crippen LogP contribution in [-0.2, 0) is 19.1 Å². The van der Waals surface area contributed by atoms with Crippen LogP contribution in [0.5, 0.6) is 0 Å². The van der Waals surface area contributed by atoms with Crippen LogP contribution >= 0.6 is 0 Å². The monoisotopic (exact) mass is 214 g/mol. The molecule has 0 N–H and O–H groups in total. The van der Waals surface area contributed by atoms with Gasteiger partial charge in [0.2, 0.25) is 6.79 Å². The van der Waals surface area contributed by atoms with Gasteiger partial charge in [-0.05, 0) is 12.8 Å². The third-order valence-corrected chi connectivity index (χ3v) is 1.68. The SMILES string of the molecule is CC/C=C(\CCC)C(=O)OCOC(C)=O. The van der Waals surface area contributed by atoms with Crippen LogP contribution < -0.4 is 0 Å². The molecule has 15 heavy (non-hydrogen) atoms. The largest absolute Gasteiger partial charge is 0.428 e. The number of hydrogen-bond acceptors (Lipinski definition) is 4. The third-order valence-electron chi connectivity index (χ3n) is 1.68. The number of carbonyl (C=O) groups is 2. The molecule has 86 valence electrons. The van der Waals surface area contributed by atoms with Crippen LogP contribution in [0.25, 0.3) is 0 Å².